The number of rotatable bonds is 9. The first kappa shape index (κ1) is 34.5. The van der Waals surface area contributed by atoms with E-state index in [9.17, 15) is 0 Å². The predicted molar refractivity (Wildman–Crippen MR) is 278 cm³/mol. The van der Waals surface area contributed by atoms with E-state index in [1.54, 1.807) is 33.4 Å². The summed E-state index contributed by atoms with van der Waals surface area (Å²) in [6, 6.07) is 42.9. The molecule has 0 unspecified atom stereocenters. The molecule has 7 heteroatoms. The summed E-state index contributed by atoms with van der Waals surface area (Å²) in [5.41, 5.74) is 6.86. The quantitative estimate of drug-likeness (QED) is 0.0820. The summed E-state index contributed by atoms with van der Waals surface area (Å²) < 4.78 is 101. The van der Waals surface area contributed by atoms with E-state index in [0.717, 1.165) is 38.8 Å². The molecule has 0 bridgehead atoms. The van der Waals surface area contributed by atoms with Crippen LogP contribution in [-0.2, 0) is 26.5 Å². The fourth-order valence-corrected chi connectivity index (χ4v) is 11.2. The Balaban J connectivity index is 0.00000688. The van der Waals surface area contributed by atoms with Gasteiger partial charge >= 0.3 is 189 Å². The molecule has 0 amide bonds. The average molecular weight is 1130 g/mol. The monoisotopic (exact) mass is 1130 g/mol. The van der Waals surface area contributed by atoms with Gasteiger partial charge in [0.1, 0.15) is 0 Å². The fraction of sp³-hybridized carbons (Fsp3) is 0.115. The molecule has 3 aromatic heterocycles. The van der Waals surface area contributed by atoms with Gasteiger partial charge in [-0.2, -0.15) is 12.1 Å². The van der Waals surface area contributed by atoms with Crippen LogP contribution in [0, 0.1) is 18.5 Å². The van der Waals surface area contributed by atoms with Gasteiger partial charge in [0.05, 0.1) is 30.4 Å². The van der Waals surface area contributed by atoms with Crippen molar-refractivity contribution in [3.63, 3.8) is 0 Å². The van der Waals surface area contributed by atoms with Crippen LogP contribution in [0.2, 0.25) is 17.3 Å². The number of hydrogen-bond acceptors (Lipinski definition) is 2. The van der Waals surface area contributed by atoms with Crippen LogP contribution in [0.4, 0.5) is 0 Å². The van der Waals surface area contributed by atoms with Crippen LogP contribution < -0.4 is 13.7 Å². The Labute approximate surface area is 430 Å². The molecule has 11 aromatic rings. The second-order valence-electron chi connectivity index (χ2n) is 18.6. The molecule has 0 N–H and O–H groups in total. The van der Waals surface area contributed by atoms with E-state index in [1.807, 2.05) is 48.7 Å². The standard InChI is InChI=1S/C61H50GeN4O.Pt/c1-61(2,3)46-34-35-63-59(38-46)66-55-33-30-45(44-22-15-23-47(36-44)62(4,5)6)37-54(55)53-32-31-50(40-58(53)66)67-49-25-16-24-48(39-49)64-41-65(57-29-14-13-28-56(57)64)60-51(42-18-9-7-10-19-42)26-17-27-52(60)43-20-11-8-12-21-43;/h7-38H,1-6H3;/q-2;/i7D,8D,9D,10D,11D,12D,18D,19D,20D,21D;. The molecule has 8 aromatic carbocycles. The number of fused-ring (bicyclic) bond motifs is 4. The number of pyridine rings is 1. The van der Waals surface area contributed by atoms with Crippen LogP contribution in [0.5, 0.6) is 11.5 Å². The molecular formula is C61H50GeN4OPt-2. The molecule has 3 heterocycles. The van der Waals surface area contributed by atoms with Crippen molar-refractivity contribution in [1.29, 1.82) is 0 Å². The third kappa shape index (κ3) is 8.44. The molecule has 0 atom stereocenters. The second-order valence-corrected chi connectivity index (χ2v) is 29.3. The summed E-state index contributed by atoms with van der Waals surface area (Å²) in [6.45, 7) is 6.55. The van der Waals surface area contributed by atoms with E-state index in [2.05, 4.69) is 122 Å². The fourth-order valence-electron chi connectivity index (χ4n) is 8.68. The van der Waals surface area contributed by atoms with Crippen molar-refractivity contribution in [1.82, 2.24) is 14.1 Å². The van der Waals surface area contributed by atoms with Crippen molar-refractivity contribution in [3.05, 3.63) is 218 Å². The molecule has 0 fully saturated rings. The van der Waals surface area contributed by atoms with Crippen molar-refractivity contribution >= 4 is 50.5 Å². The van der Waals surface area contributed by atoms with Gasteiger partial charge in [0.15, 0.2) is 0 Å². The minimum atomic E-state index is -2.12. The number of ether oxygens (including phenoxy) is 1. The summed E-state index contributed by atoms with van der Waals surface area (Å²) in [5, 5.41) is 2.02. The Bertz CT molecular complexity index is 4110. The van der Waals surface area contributed by atoms with E-state index in [-0.39, 0.29) is 54.4 Å². The summed E-state index contributed by atoms with van der Waals surface area (Å²) in [4.78, 5) is 4.92. The van der Waals surface area contributed by atoms with Crippen LogP contribution in [0.3, 0.4) is 0 Å². The van der Waals surface area contributed by atoms with Gasteiger partial charge in [0.2, 0.25) is 0 Å². The maximum absolute atomic E-state index is 9.05. The molecule has 0 radical (unpaired) electrons. The van der Waals surface area contributed by atoms with Gasteiger partial charge in [-0.15, -0.1) is 12.1 Å². The molecule has 5 nitrogen and oxygen atoms in total. The Kier molecular flexibility index (Phi) is 9.14. The first-order valence-electron chi connectivity index (χ1n) is 27.1. The minimum absolute atomic E-state index is 0. The number of aromatic nitrogens is 4. The molecular weight excluding hydrogens is 1070 g/mol. The summed E-state index contributed by atoms with van der Waals surface area (Å²) in [6.07, 6.45) is 5.27. The zero-order valence-corrected chi connectivity index (χ0v) is 42.6. The Morgan fingerprint density at radius 1 is 0.618 bits per heavy atom. The predicted octanol–water partition coefficient (Wildman–Crippen LogP) is 14.4. The smallest absolute Gasteiger partial charge is 0.0810 e. The Hall–Kier alpha value is -6.79. The molecule has 0 saturated carbocycles. The number of para-hydroxylation sites is 3. The molecule has 11 rings (SSSR count). The molecule has 0 aliphatic rings. The minimum Gasteiger partial charge on any atom is -0.173 e. The molecule has 0 aliphatic heterocycles. The SMILES string of the molecule is [2H]c1c([2H])c([2H])c(-c2cccc(-c3c([2H])c([2H])c([2H])c([2H])c3[2H])c2-[n+]2[c-]n(-c3[c-]c(Oc4[c-]c5c(cc4)c4cc(-c6ccc[c]([Ge]([CH3])([CH3])[CH3])c6)ccc4n5-c4cc(C(C)(C)C)ccn4)ccc3)c3ccccc32)c([2H])c1[2H].[Pt]. The summed E-state index contributed by atoms with van der Waals surface area (Å²) in [5.74, 6) is 8.75. The van der Waals surface area contributed by atoms with E-state index < -0.39 is 73.7 Å². The van der Waals surface area contributed by atoms with Gasteiger partial charge in [-0.25, -0.2) is 0 Å². The van der Waals surface area contributed by atoms with Crippen molar-refractivity contribution in [2.75, 3.05) is 0 Å². The molecule has 68 heavy (non-hydrogen) atoms. The Morgan fingerprint density at radius 2 is 1.29 bits per heavy atom. The summed E-state index contributed by atoms with van der Waals surface area (Å²) in [7, 11) is 0. The van der Waals surface area contributed by atoms with Gasteiger partial charge < -0.3 is 4.57 Å². The van der Waals surface area contributed by atoms with Crippen LogP contribution in [0.25, 0.3) is 83.4 Å². The van der Waals surface area contributed by atoms with E-state index in [1.165, 1.54) is 9.96 Å². The number of benzene rings is 8. The second kappa shape index (κ2) is 18.0. The molecule has 0 aliphatic carbocycles. The molecule has 0 saturated heterocycles. The van der Waals surface area contributed by atoms with Gasteiger partial charge in [0.25, 0.3) is 6.33 Å². The van der Waals surface area contributed by atoms with E-state index in [0.29, 0.717) is 28.2 Å². The van der Waals surface area contributed by atoms with Crippen LogP contribution >= 0.6 is 0 Å². The van der Waals surface area contributed by atoms with Crippen molar-refractivity contribution < 1.29 is 44.1 Å². The van der Waals surface area contributed by atoms with Crippen LogP contribution in [0.15, 0.2) is 194 Å². The van der Waals surface area contributed by atoms with Crippen molar-refractivity contribution in [2.24, 2.45) is 0 Å². The first-order chi connectivity index (χ1) is 36.6. The van der Waals surface area contributed by atoms with Gasteiger partial charge in [-0.05, 0) is 27.9 Å². The van der Waals surface area contributed by atoms with Gasteiger partial charge in [-0.1, -0.05) is 124 Å². The van der Waals surface area contributed by atoms with E-state index >= 15 is 0 Å². The maximum Gasteiger partial charge on any atom is 0.0810 e. The average Bonchev–Trinajstić information content (AvgIpc) is 4.11. The molecule has 336 valence electrons. The number of nitrogens with zero attached hydrogens (tertiary/aromatic N) is 4. The largest absolute Gasteiger partial charge is 0.173 e. The molecule has 0 spiro atoms. The first-order valence-corrected chi connectivity index (χ1v) is 29.5. The van der Waals surface area contributed by atoms with Gasteiger partial charge in [0, 0.05) is 21.1 Å². The number of hydrogen-bond donors (Lipinski definition) is 0. The number of imidazole rings is 1. The maximum atomic E-state index is 9.05. The topological polar surface area (TPSA) is 35.9 Å². The van der Waals surface area contributed by atoms with Crippen molar-refractivity contribution in [3.8, 4) is 62.1 Å². The zero-order valence-electron chi connectivity index (χ0n) is 48.2. The van der Waals surface area contributed by atoms with Gasteiger partial charge in [-0.3, -0.25) is 4.57 Å². The van der Waals surface area contributed by atoms with Crippen molar-refractivity contribution in [2.45, 2.75) is 43.5 Å². The third-order valence-corrected chi connectivity index (χ3v) is 16.4. The zero-order chi connectivity index (χ0) is 54.6. The van der Waals surface area contributed by atoms with Crippen LogP contribution in [-0.4, -0.2) is 27.4 Å². The van der Waals surface area contributed by atoms with E-state index in [4.69, 9.17) is 23.4 Å². The third-order valence-electron chi connectivity index (χ3n) is 12.1. The normalized spacial score (nSPS) is 13.9. The van der Waals surface area contributed by atoms with Crippen LogP contribution in [0.1, 0.15) is 40.0 Å². The Morgan fingerprint density at radius 3 is 2.01 bits per heavy atom. The summed E-state index contributed by atoms with van der Waals surface area (Å²) >= 11 is -2.12.